The summed E-state index contributed by atoms with van der Waals surface area (Å²) in [7, 11) is 0. The number of fused-ring (bicyclic) bond motifs is 2. The van der Waals surface area contributed by atoms with E-state index in [-0.39, 0.29) is 11.6 Å². The number of anilines is 1. The highest BCUT2D eigenvalue weighted by Crippen LogP contribution is 2.46. The summed E-state index contributed by atoms with van der Waals surface area (Å²) in [5, 5.41) is 6.88. The molecule has 4 aliphatic rings. The number of hydrogen-bond acceptors (Lipinski definition) is 7. The molecule has 6 heterocycles. The normalized spacial score (nSPS) is 23.2. The fraction of sp³-hybridized carbons (Fsp3) is 0.432. The lowest BCUT2D eigenvalue weighted by atomic mass is 9.94. The zero-order chi connectivity index (χ0) is 32.3. The van der Waals surface area contributed by atoms with Gasteiger partial charge in [0.05, 0.1) is 24.2 Å². The van der Waals surface area contributed by atoms with Gasteiger partial charge in [0, 0.05) is 53.2 Å². The molecule has 2 aromatic carbocycles. The third kappa shape index (κ3) is 5.74. The number of piperidine rings is 1. The number of imidazole rings is 1. The monoisotopic (exact) mass is 683 g/mol. The molecular weight excluding hydrogens is 642 g/mol. The van der Waals surface area contributed by atoms with E-state index in [1.54, 1.807) is 6.20 Å². The third-order valence-electron chi connectivity index (χ3n) is 11.0. The van der Waals surface area contributed by atoms with E-state index < -0.39 is 0 Å². The van der Waals surface area contributed by atoms with E-state index in [2.05, 4.69) is 86.4 Å². The van der Waals surface area contributed by atoms with Gasteiger partial charge in [-0.15, -0.1) is 11.3 Å². The number of hydrogen-bond donors (Lipinski definition) is 1. The molecule has 1 N–H and O–H groups in total. The summed E-state index contributed by atoms with van der Waals surface area (Å²) in [6.45, 7) is 15.6. The second-order valence-corrected chi connectivity index (χ2v) is 15.6. The van der Waals surface area contributed by atoms with Crippen LogP contribution in [0.3, 0.4) is 0 Å². The van der Waals surface area contributed by atoms with Crippen molar-refractivity contribution in [3.05, 3.63) is 94.0 Å². The van der Waals surface area contributed by atoms with Gasteiger partial charge >= 0.3 is 0 Å². The number of aryl methyl sites for hydroxylation is 1. The van der Waals surface area contributed by atoms with Crippen molar-refractivity contribution in [2.75, 3.05) is 31.6 Å². The van der Waals surface area contributed by atoms with Crippen molar-refractivity contribution in [3.63, 3.8) is 0 Å². The Morgan fingerprint density at radius 3 is 2.70 bits per heavy atom. The fourth-order valence-electron chi connectivity index (χ4n) is 7.91. The number of thiocarbonyl (C=S) groups is 1. The average molecular weight is 684 g/mol. The van der Waals surface area contributed by atoms with E-state index in [1.165, 1.54) is 54.9 Å². The van der Waals surface area contributed by atoms with Gasteiger partial charge in [-0.25, -0.2) is 9.97 Å². The van der Waals surface area contributed by atoms with Crippen LogP contribution in [-0.2, 0) is 25.0 Å². The van der Waals surface area contributed by atoms with Crippen molar-refractivity contribution < 1.29 is 0 Å². The van der Waals surface area contributed by atoms with Crippen LogP contribution < -0.4 is 5.32 Å². The number of aromatic nitrogens is 3. The minimum absolute atomic E-state index is 0.109. The molecule has 0 bridgehead atoms. The molecule has 2 fully saturated rings. The van der Waals surface area contributed by atoms with Crippen molar-refractivity contribution >= 4 is 51.0 Å². The van der Waals surface area contributed by atoms with Crippen LogP contribution in [0.5, 0.6) is 0 Å². The third-order valence-corrected chi connectivity index (χ3v) is 12.4. The van der Waals surface area contributed by atoms with Crippen LogP contribution in [0.4, 0.5) is 5.13 Å². The van der Waals surface area contributed by atoms with E-state index in [4.69, 9.17) is 28.8 Å². The molecule has 0 aliphatic carbocycles. The van der Waals surface area contributed by atoms with E-state index in [0.717, 1.165) is 82.3 Å². The Balaban J connectivity index is 1.02. The summed E-state index contributed by atoms with van der Waals surface area (Å²) in [6, 6.07) is 13.2. The van der Waals surface area contributed by atoms with E-state index >= 15 is 0 Å². The first-order chi connectivity index (χ1) is 22.8. The number of thiazole rings is 1. The smallest absolute Gasteiger partial charge is 0.187 e. The molecule has 3 atom stereocenters. The first kappa shape index (κ1) is 31.2. The lowest BCUT2D eigenvalue weighted by Gasteiger charge is -2.32. The summed E-state index contributed by atoms with van der Waals surface area (Å²) in [5.41, 5.74) is 9.05. The Morgan fingerprint density at radius 1 is 1.15 bits per heavy atom. The molecular formula is C37H42ClN7S2. The number of benzene rings is 2. The summed E-state index contributed by atoms with van der Waals surface area (Å²) in [5.74, 6) is 0.912. The summed E-state index contributed by atoms with van der Waals surface area (Å²) < 4.78 is 2.26. The second-order valence-electron chi connectivity index (χ2n) is 13.8. The molecule has 7 nitrogen and oxygen atoms in total. The highest BCUT2D eigenvalue weighted by molar-refractivity contribution is 7.80. The van der Waals surface area contributed by atoms with Crippen LogP contribution in [0.1, 0.15) is 73.7 Å². The van der Waals surface area contributed by atoms with Crippen LogP contribution in [0.25, 0.3) is 16.8 Å². The molecule has 4 aromatic rings. The van der Waals surface area contributed by atoms with Crippen molar-refractivity contribution in [2.45, 2.75) is 70.6 Å². The van der Waals surface area contributed by atoms with Crippen LogP contribution in [0.15, 0.2) is 60.9 Å². The Labute approximate surface area is 292 Å². The molecule has 2 saturated heterocycles. The van der Waals surface area contributed by atoms with Gasteiger partial charge in [-0.1, -0.05) is 68.0 Å². The molecule has 47 heavy (non-hydrogen) atoms. The van der Waals surface area contributed by atoms with Gasteiger partial charge < -0.3 is 14.8 Å². The van der Waals surface area contributed by atoms with Gasteiger partial charge in [0.2, 0.25) is 0 Å². The maximum absolute atomic E-state index is 7.06. The Morgan fingerprint density at radius 2 is 1.96 bits per heavy atom. The molecule has 0 saturated carbocycles. The maximum Gasteiger partial charge on any atom is 0.187 e. The number of nitrogens with zero attached hydrogens (tertiary/aromatic N) is 6. The maximum atomic E-state index is 7.06. The van der Waals surface area contributed by atoms with Crippen LogP contribution in [0, 0.1) is 5.92 Å². The number of nitrogens with one attached hydrogen (secondary N) is 1. The number of likely N-dealkylation sites (tertiary alicyclic amines) is 1. The van der Waals surface area contributed by atoms with Gasteiger partial charge in [-0.2, -0.15) is 0 Å². The fourth-order valence-corrected chi connectivity index (χ4v) is 9.13. The highest BCUT2D eigenvalue weighted by Gasteiger charge is 2.49. The predicted octanol–water partition coefficient (Wildman–Crippen LogP) is 8.18. The summed E-state index contributed by atoms with van der Waals surface area (Å²) in [4.78, 5) is 17.5. The van der Waals surface area contributed by atoms with Gasteiger partial charge in [-0.05, 0) is 86.0 Å². The second kappa shape index (κ2) is 12.4. The molecule has 244 valence electrons. The largest absolute Gasteiger partial charge is 0.352 e. The van der Waals surface area contributed by atoms with E-state index in [0.29, 0.717) is 11.5 Å². The minimum atomic E-state index is -0.276. The van der Waals surface area contributed by atoms with Crippen molar-refractivity contribution in [1.82, 2.24) is 29.2 Å². The average Bonchev–Trinajstić information content (AvgIpc) is 3.66. The van der Waals surface area contributed by atoms with Crippen molar-refractivity contribution in [1.29, 1.82) is 0 Å². The zero-order valence-corrected chi connectivity index (χ0v) is 29.6. The van der Waals surface area contributed by atoms with Gasteiger partial charge in [0.25, 0.3) is 0 Å². The minimum Gasteiger partial charge on any atom is -0.352 e. The zero-order valence-electron chi connectivity index (χ0n) is 27.2. The molecule has 10 heteroatoms. The molecule has 0 radical (unpaired) electrons. The van der Waals surface area contributed by atoms with Crippen molar-refractivity contribution in [2.24, 2.45) is 5.92 Å². The summed E-state index contributed by atoms with van der Waals surface area (Å²) in [6.07, 6.45) is 9.85. The Kier molecular flexibility index (Phi) is 8.25. The standard InChI is InChI=1S/C37H42ClN7S2/c1-4-25-11-15-42(16-12-25)23-44-21-37(44,3)28-9-7-26(8-10-28)27-18-29-24(2)45(20-30(29)31(38)19-27)34(35(46)41-36-39-13-17-47-36)33-32-6-5-14-43(32)22-40-33/h7-10,13,17-19,22,25,34H,2,4-6,11-12,14-16,20-21,23H2,1,3H3,(H,39,41,46). The van der Waals surface area contributed by atoms with Gasteiger partial charge in [0.1, 0.15) is 11.0 Å². The molecule has 8 rings (SSSR count). The molecule has 2 aromatic heterocycles. The van der Waals surface area contributed by atoms with Gasteiger partial charge in [0.15, 0.2) is 5.13 Å². The predicted molar refractivity (Wildman–Crippen MR) is 197 cm³/mol. The molecule has 0 spiro atoms. The first-order valence-electron chi connectivity index (χ1n) is 16.9. The molecule has 3 unspecified atom stereocenters. The number of rotatable bonds is 9. The molecule has 4 aliphatic heterocycles. The molecule has 0 amide bonds. The Hall–Kier alpha value is -3.08. The number of halogens is 1. The van der Waals surface area contributed by atoms with Crippen LogP contribution in [-0.4, -0.2) is 60.5 Å². The van der Waals surface area contributed by atoms with Crippen LogP contribution in [0.2, 0.25) is 5.02 Å². The van der Waals surface area contributed by atoms with E-state index in [9.17, 15) is 0 Å². The van der Waals surface area contributed by atoms with Crippen LogP contribution >= 0.6 is 35.2 Å². The first-order valence-corrected chi connectivity index (χ1v) is 18.6. The van der Waals surface area contributed by atoms with Crippen molar-refractivity contribution in [3.8, 4) is 11.1 Å². The lowest BCUT2D eigenvalue weighted by Crippen LogP contribution is -2.38. The topological polar surface area (TPSA) is 52.2 Å². The highest BCUT2D eigenvalue weighted by atomic mass is 35.5. The SMILES string of the molecule is C=C1c2cc(-c3ccc(C4(C)CN4CN4CCC(CC)CC4)cc3)cc(Cl)c2CN1C(C(=S)Nc1nccs1)c1ncn2c1CCC2. The Bertz CT molecular complexity index is 1810. The van der Waals surface area contributed by atoms with Gasteiger partial charge in [-0.3, -0.25) is 9.80 Å². The summed E-state index contributed by atoms with van der Waals surface area (Å²) >= 11 is 14.7. The van der Waals surface area contributed by atoms with E-state index in [1.807, 2.05) is 11.7 Å². The lowest BCUT2D eigenvalue weighted by molar-refractivity contribution is 0.134. The quantitative estimate of drug-likeness (QED) is 0.141.